The van der Waals surface area contributed by atoms with Crippen molar-refractivity contribution in [2.45, 2.75) is 56.8 Å². The predicted molar refractivity (Wildman–Crippen MR) is 164 cm³/mol. The summed E-state index contributed by atoms with van der Waals surface area (Å²) < 4.78 is 15.1. The molecule has 0 bridgehead atoms. The first-order chi connectivity index (χ1) is 21.4. The molecule has 3 heterocycles. The van der Waals surface area contributed by atoms with E-state index in [0.29, 0.717) is 11.3 Å². The SMILES string of the molecule is [C-]#[N+][C@@H]1C[C@@]2(CN1C(=O)[C@H](CC(C)C)N(C)C(=O)[C@H](Cc1ccc(F)cc1)NC(=O)c1ccn(C)n1)C(=O)Nc1ccccc12. The Balaban J connectivity index is 1.44. The van der Waals surface area contributed by atoms with Crippen LogP contribution in [0.3, 0.4) is 0 Å². The number of likely N-dealkylation sites (tertiary alicyclic amines) is 1. The van der Waals surface area contributed by atoms with Crippen LogP contribution in [0.4, 0.5) is 10.1 Å². The number of nitrogens with zero attached hydrogens (tertiary/aromatic N) is 5. The number of aromatic nitrogens is 2. The van der Waals surface area contributed by atoms with Gasteiger partial charge in [-0.2, -0.15) is 5.10 Å². The van der Waals surface area contributed by atoms with Crippen molar-refractivity contribution in [3.8, 4) is 0 Å². The number of carbonyl (C=O) groups excluding carboxylic acids is 4. The van der Waals surface area contributed by atoms with Gasteiger partial charge in [-0.25, -0.2) is 11.0 Å². The highest BCUT2D eigenvalue weighted by atomic mass is 19.1. The zero-order valence-electron chi connectivity index (χ0n) is 25.7. The molecule has 45 heavy (non-hydrogen) atoms. The van der Waals surface area contributed by atoms with Crippen molar-refractivity contribution in [1.29, 1.82) is 0 Å². The number of nitrogens with one attached hydrogen (secondary N) is 2. The van der Waals surface area contributed by atoms with E-state index in [1.54, 1.807) is 19.3 Å². The van der Waals surface area contributed by atoms with Crippen molar-refractivity contribution in [1.82, 2.24) is 24.9 Å². The third-order valence-corrected chi connectivity index (χ3v) is 8.59. The molecule has 2 N–H and O–H groups in total. The molecule has 2 aliphatic heterocycles. The topological polar surface area (TPSA) is 121 Å². The summed E-state index contributed by atoms with van der Waals surface area (Å²) in [5.41, 5.74) is 1.08. The van der Waals surface area contributed by atoms with Crippen LogP contribution in [-0.4, -0.2) is 75.1 Å². The number of para-hydroxylation sites is 1. The van der Waals surface area contributed by atoms with Crippen LogP contribution in [-0.2, 0) is 33.3 Å². The second kappa shape index (κ2) is 12.5. The zero-order chi connectivity index (χ0) is 32.5. The van der Waals surface area contributed by atoms with Crippen molar-refractivity contribution in [2.24, 2.45) is 13.0 Å². The number of anilines is 1. The van der Waals surface area contributed by atoms with E-state index >= 15 is 0 Å². The number of fused-ring (bicyclic) bond motifs is 2. The number of aryl methyl sites for hydroxylation is 1. The number of hydrogen-bond acceptors (Lipinski definition) is 5. The second-order valence-corrected chi connectivity index (χ2v) is 12.2. The highest BCUT2D eigenvalue weighted by molar-refractivity contribution is 6.07. The number of benzene rings is 2. The first-order valence-corrected chi connectivity index (χ1v) is 14.8. The maximum atomic E-state index is 14.3. The summed E-state index contributed by atoms with van der Waals surface area (Å²) in [6, 6.07) is 12.3. The van der Waals surface area contributed by atoms with Gasteiger partial charge in [-0.1, -0.05) is 44.2 Å². The van der Waals surface area contributed by atoms with E-state index in [1.807, 2.05) is 32.0 Å². The van der Waals surface area contributed by atoms with E-state index in [9.17, 15) is 23.6 Å². The van der Waals surface area contributed by atoms with E-state index < -0.39 is 47.2 Å². The number of hydrogen-bond donors (Lipinski definition) is 2. The normalized spacial score (nSPS) is 20.0. The smallest absolute Gasteiger partial charge is 0.302 e. The maximum Gasteiger partial charge on any atom is 0.302 e. The van der Waals surface area contributed by atoms with Crippen LogP contribution in [0.5, 0.6) is 0 Å². The molecular formula is C33H36FN7O4. The van der Waals surface area contributed by atoms with Crippen LogP contribution in [0.2, 0.25) is 0 Å². The van der Waals surface area contributed by atoms with Crippen LogP contribution in [0, 0.1) is 18.3 Å². The lowest BCUT2D eigenvalue weighted by molar-refractivity contribution is -0.146. The zero-order valence-corrected chi connectivity index (χ0v) is 25.7. The molecule has 4 amide bonds. The highest BCUT2D eigenvalue weighted by Gasteiger charge is 2.59. The molecule has 0 aliphatic carbocycles. The van der Waals surface area contributed by atoms with Gasteiger partial charge in [-0.15, -0.1) is 0 Å². The Bertz CT molecular complexity index is 1660. The molecular weight excluding hydrogens is 577 g/mol. The Morgan fingerprint density at radius 2 is 1.89 bits per heavy atom. The van der Waals surface area contributed by atoms with E-state index in [0.717, 1.165) is 5.56 Å². The summed E-state index contributed by atoms with van der Waals surface area (Å²) in [5, 5.41) is 9.78. The van der Waals surface area contributed by atoms with Gasteiger partial charge < -0.3 is 15.5 Å². The van der Waals surface area contributed by atoms with Crippen molar-refractivity contribution in [3.63, 3.8) is 0 Å². The third kappa shape index (κ3) is 6.16. The number of carbonyl (C=O) groups is 4. The number of likely N-dealkylation sites (N-methyl/N-ethyl adjacent to an activating group) is 1. The Morgan fingerprint density at radius 1 is 1.18 bits per heavy atom. The lowest BCUT2D eigenvalue weighted by Crippen LogP contribution is -2.56. The van der Waals surface area contributed by atoms with Gasteiger partial charge in [0, 0.05) is 38.9 Å². The second-order valence-electron chi connectivity index (χ2n) is 12.2. The fourth-order valence-corrected chi connectivity index (χ4v) is 6.24. The molecule has 1 spiro atoms. The van der Waals surface area contributed by atoms with Crippen molar-refractivity contribution in [3.05, 3.63) is 94.8 Å². The van der Waals surface area contributed by atoms with Gasteiger partial charge in [-0.3, -0.25) is 33.6 Å². The fourth-order valence-electron chi connectivity index (χ4n) is 6.24. The molecule has 2 aliphatic rings. The highest BCUT2D eigenvalue weighted by Crippen LogP contribution is 2.47. The van der Waals surface area contributed by atoms with Gasteiger partial charge >= 0.3 is 6.17 Å². The molecule has 2 aromatic carbocycles. The average Bonchev–Trinajstić information content (AvgIpc) is 3.71. The molecule has 0 radical (unpaired) electrons. The first-order valence-electron chi connectivity index (χ1n) is 14.8. The number of halogens is 1. The van der Waals surface area contributed by atoms with E-state index in [1.165, 1.54) is 51.9 Å². The minimum atomic E-state index is -1.11. The molecule has 5 rings (SSSR count). The van der Waals surface area contributed by atoms with Gasteiger partial charge in [-0.05, 0) is 47.7 Å². The van der Waals surface area contributed by atoms with Crippen LogP contribution in [0.15, 0.2) is 60.8 Å². The summed E-state index contributed by atoms with van der Waals surface area (Å²) in [6.45, 7) is 11.8. The third-order valence-electron chi connectivity index (χ3n) is 8.59. The monoisotopic (exact) mass is 613 g/mol. The van der Waals surface area contributed by atoms with Crippen LogP contribution >= 0.6 is 0 Å². The summed E-state index contributed by atoms with van der Waals surface area (Å²) in [7, 11) is 3.18. The van der Waals surface area contributed by atoms with E-state index in [-0.39, 0.29) is 43.3 Å². The minimum Gasteiger partial charge on any atom is -0.338 e. The number of amides is 4. The summed E-state index contributed by atoms with van der Waals surface area (Å²) in [4.78, 5) is 61.4. The van der Waals surface area contributed by atoms with Crippen molar-refractivity contribution < 1.29 is 23.6 Å². The van der Waals surface area contributed by atoms with Gasteiger partial charge in [0.2, 0.25) is 11.8 Å². The Morgan fingerprint density at radius 3 is 2.53 bits per heavy atom. The largest absolute Gasteiger partial charge is 0.338 e. The predicted octanol–water partition coefficient (Wildman–Crippen LogP) is 3.14. The minimum absolute atomic E-state index is 0.00771. The lowest BCUT2D eigenvalue weighted by Gasteiger charge is -2.34. The fraction of sp³-hybridized carbons (Fsp3) is 0.394. The molecule has 0 saturated carbocycles. The maximum absolute atomic E-state index is 14.3. The molecule has 4 atom stereocenters. The van der Waals surface area contributed by atoms with Crippen LogP contribution in [0.1, 0.15) is 48.3 Å². The Hall–Kier alpha value is -5.05. The average molecular weight is 614 g/mol. The van der Waals surface area contributed by atoms with Crippen LogP contribution in [0.25, 0.3) is 4.85 Å². The van der Waals surface area contributed by atoms with Gasteiger partial charge in [0.1, 0.15) is 29.0 Å². The molecule has 1 saturated heterocycles. The summed E-state index contributed by atoms with van der Waals surface area (Å²) >= 11 is 0. The Kier molecular flexibility index (Phi) is 8.73. The molecule has 0 unspecified atom stereocenters. The quantitative estimate of drug-likeness (QED) is 0.360. The van der Waals surface area contributed by atoms with Crippen LogP contribution < -0.4 is 10.6 Å². The van der Waals surface area contributed by atoms with Gasteiger partial charge in [0.15, 0.2) is 0 Å². The Labute approximate surface area is 261 Å². The number of rotatable bonds is 9. The standard InChI is InChI=1S/C33H36FN7O4/c1-20(2)16-27(31(44)41-19-33(18-28(41)35-3)23-8-6-7-9-24(23)37-32(33)45)40(5)30(43)26(17-21-10-12-22(34)13-11-21)36-29(42)25-14-15-39(4)38-25/h6-15,20,26-28H,16-19H2,1-2,4-5H3,(H,36,42)(H,37,45)/t26-,27-,28-,33-/m0/s1. The molecule has 12 heteroatoms. The van der Waals surface area contributed by atoms with Crippen molar-refractivity contribution >= 4 is 29.3 Å². The molecule has 1 aromatic heterocycles. The van der Waals surface area contributed by atoms with Gasteiger partial charge in [0.25, 0.3) is 11.8 Å². The molecule has 1 fully saturated rings. The lowest BCUT2D eigenvalue weighted by atomic mass is 9.80. The summed E-state index contributed by atoms with van der Waals surface area (Å²) in [5.74, 6) is -2.24. The molecule has 234 valence electrons. The van der Waals surface area contributed by atoms with Gasteiger partial charge in [0.05, 0.1) is 6.42 Å². The summed E-state index contributed by atoms with van der Waals surface area (Å²) in [6.07, 6.45) is 1.18. The molecule has 3 aromatic rings. The van der Waals surface area contributed by atoms with E-state index in [2.05, 4.69) is 20.6 Å². The molecule has 11 nitrogen and oxygen atoms in total. The van der Waals surface area contributed by atoms with Crippen molar-refractivity contribution in [2.75, 3.05) is 18.9 Å². The van der Waals surface area contributed by atoms with E-state index in [4.69, 9.17) is 6.57 Å². The first kappa shape index (κ1) is 31.4.